The van der Waals surface area contributed by atoms with Crippen molar-refractivity contribution in [2.45, 2.75) is 12.8 Å². The van der Waals surface area contributed by atoms with Crippen molar-refractivity contribution in [1.82, 2.24) is 5.32 Å². The van der Waals surface area contributed by atoms with E-state index >= 15 is 0 Å². The number of nitrogens with one attached hydrogen (secondary N) is 2. The molecule has 7 heteroatoms. The minimum atomic E-state index is -0.183. The highest BCUT2D eigenvalue weighted by molar-refractivity contribution is 7.80. The number of aryl methyl sites for hydroxylation is 1. The largest absolute Gasteiger partial charge is 0.493 e. The van der Waals surface area contributed by atoms with Crippen LogP contribution in [-0.4, -0.2) is 25.2 Å². The van der Waals surface area contributed by atoms with Crippen LogP contribution in [0.3, 0.4) is 0 Å². The molecule has 0 radical (unpaired) electrons. The zero-order valence-electron chi connectivity index (χ0n) is 14.0. The van der Waals surface area contributed by atoms with Crippen molar-refractivity contribution >= 4 is 40.5 Å². The molecule has 0 aromatic heterocycles. The van der Waals surface area contributed by atoms with Gasteiger partial charge in [0.05, 0.1) is 14.2 Å². The van der Waals surface area contributed by atoms with Gasteiger partial charge in [0.2, 0.25) is 5.91 Å². The van der Waals surface area contributed by atoms with E-state index in [0.717, 1.165) is 5.56 Å². The lowest BCUT2D eigenvalue weighted by Crippen LogP contribution is -2.34. The van der Waals surface area contributed by atoms with Gasteiger partial charge >= 0.3 is 0 Å². The number of benzene rings is 2. The highest BCUT2D eigenvalue weighted by Gasteiger charge is 2.09. The van der Waals surface area contributed by atoms with Gasteiger partial charge in [0, 0.05) is 23.2 Å². The van der Waals surface area contributed by atoms with Gasteiger partial charge < -0.3 is 20.1 Å². The molecule has 0 saturated carbocycles. The molecule has 0 fully saturated rings. The summed E-state index contributed by atoms with van der Waals surface area (Å²) in [6.45, 7) is 0. The number of thiocarbonyl (C=S) groups is 1. The van der Waals surface area contributed by atoms with Gasteiger partial charge in [-0.15, -0.1) is 0 Å². The van der Waals surface area contributed by atoms with E-state index in [1.54, 1.807) is 38.5 Å². The van der Waals surface area contributed by atoms with E-state index in [1.807, 2.05) is 18.2 Å². The number of anilines is 1. The summed E-state index contributed by atoms with van der Waals surface area (Å²) in [6, 6.07) is 12.7. The second kappa shape index (κ2) is 9.25. The summed E-state index contributed by atoms with van der Waals surface area (Å²) < 4.78 is 10.4. The van der Waals surface area contributed by atoms with Gasteiger partial charge in [-0.2, -0.15) is 0 Å². The minimum absolute atomic E-state index is 0.183. The predicted octanol–water partition coefficient (Wildman–Crippen LogP) is 3.80. The van der Waals surface area contributed by atoms with Crippen LogP contribution in [0.4, 0.5) is 5.69 Å². The van der Waals surface area contributed by atoms with E-state index in [-0.39, 0.29) is 17.4 Å². The highest BCUT2D eigenvalue weighted by atomic mass is 35.5. The van der Waals surface area contributed by atoms with Crippen molar-refractivity contribution in [1.29, 1.82) is 0 Å². The number of hydrogen-bond donors (Lipinski definition) is 2. The molecule has 2 N–H and O–H groups in total. The summed E-state index contributed by atoms with van der Waals surface area (Å²) in [7, 11) is 3.12. The third-order valence-corrected chi connectivity index (χ3v) is 4.05. The van der Waals surface area contributed by atoms with Crippen LogP contribution in [0.1, 0.15) is 12.0 Å². The first-order valence-corrected chi connectivity index (χ1v) is 8.38. The van der Waals surface area contributed by atoms with Crippen LogP contribution in [0.5, 0.6) is 11.5 Å². The number of hydrogen-bond acceptors (Lipinski definition) is 4. The van der Waals surface area contributed by atoms with Crippen LogP contribution in [-0.2, 0) is 11.2 Å². The van der Waals surface area contributed by atoms with Gasteiger partial charge in [0.25, 0.3) is 0 Å². The zero-order chi connectivity index (χ0) is 18.2. The van der Waals surface area contributed by atoms with Gasteiger partial charge in [-0.05, 0) is 42.4 Å². The maximum atomic E-state index is 12.0. The van der Waals surface area contributed by atoms with Gasteiger partial charge in [0.15, 0.2) is 16.6 Å². The fourth-order valence-corrected chi connectivity index (χ4v) is 2.68. The van der Waals surface area contributed by atoms with Crippen molar-refractivity contribution in [2.75, 3.05) is 19.5 Å². The molecular weight excluding hydrogens is 360 g/mol. The van der Waals surface area contributed by atoms with Crippen LogP contribution in [0.15, 0.2) is 42.5 Å². The molecule has 2 rings (SSSR count). The van der Waals surface area contributed by atoms with Crippen LogP contribution < -0.4 is 20.1 Å². The molecule has 0 heterocycles. The molecule has 0 saturated heterocycles. The molecule has 0 atom stereocenters. The fraction of sp³-hybridized carbons (Fsp3) is 0.222. The van der Waals surface area contributed by atoms with Crippen molar-refractivity contribution in [2.24, 2.45) is 0 Å². The number of rotatable bonds is 6. The zero-order valence-corrected chi connectivity index (χ0v) is 15.5. The maximum Gasteiger partial charge on any atom is 0.226 e. The highest BCUT2D eigenvalue weighted by Crippen LogP contribution is 2.29. The Labute approximate surface area is 157 Å². The van der Waals surface area contributed by atoms with Crippen molar-refractivity contribution < 1.29 is 14.3 Å². The lowest BCUT2D eigenvalue weighted by molar-refractivity contribution is -0.119. The first-order valence-electron chi connectivity index (χ1n) is 7.59. The molecular formula is C18H19ClN2O3S. The Morgan fingerprint density at radius 3 is 2.52 bits per heavy atom. The van der Waals surface area contributed by atoms with Crippen molar-refractivity contribution in [3.05, 3.63) is 53.1 Å². The van der Waals surface area contributed by atoms with Crippen molar-refractivity contribution in [3.8, 4) is 11.5 Å². The van der Waals surface area contributed by atoms with Gasteiger partial charge in [0.1, 0.15) is 0 Å². The molecule has 132 valence electrons. The Morgan fingerprint density at radius 2 is 1.84 bits per heavy atom. The molecule has 0 aliphatic rings. The summed E-state index contributed by atoms with van der Waals surface area (Å²) in [5, 5.41) is 6.47. The van der Waals surface area contributed by atoms with Gasteiger partial charge in [-0.25, -0.2) is 0 Å². The van der Waals surface area contributed by atoms with E-state index in [2.05, 4.69) is 10.6 Å². The molecule has 0 spiro atoms. The third-order valence-electron chi connectivity index (χ3n) is 3.47. The molecule has 0 unspecified atom stereocenters. The SMILES string of the molecule is COc1ccc(NC(=S)NC(=O)CCc2ccccc2Cl)cc1OC. The third kappa shape index (κ3) is 5.62. The van der Waals surface area contributed by atoms with E-state index < -0.39 is 0 Å². The average Bonchev–Trinajstić information content (AvgIpc) is 2.60. The summed E-state index contributed by atoms with van der Waals surface area (Å²) in [5.74, 6) is 1.00. The summed E-state index contributed by atoms with van der Waals surface area (Å²) in [4.78, 5) is 12.0. The predicted molar refractivity (Wildman–Crippen MR) is 104 cm³/mol. The average molecular weight is 379 g/mol. The molecule has 1 amide bonds. The van der Waals surface area contributed by atoms with Crippen LogP contribution in [0.2, 0.25) is 5.02 Å². The molecule has 0 aliphatic heterocycles. The second-order valence-corrected chi connectivity index (χ2v) is 5.98. The Bertz CT molecular complexity index is 768. The minimum Gasteiger partial charge on any atom is -0.493 e. The molecule has 2 aromatic carbocycles. The Balaban J connectivity index is 1.87. The Hall–Kier alpha value is -2.31. The van der Waals surface area contributed by atoms with E-state index in [4.69, 9.17) is 33.3 Å². The Kier molecular flexibility index (Phi) is 7.03. The number of halogens is 1. The van der Waals surface area contributed by atoms with Gasteiger partial charge in [-0.1, -0.05) is 29.8 Å². The number of methoxy groups -OCH3 is 2. The first-order chi connectivity index (χ1) is 12.0. The molecule has 5 nitrogen and oxygen atoms in total. The quantitative estimate of drug-likeness (QED) is 0.748. The van der Waals surface area contributed by atoms with Crippen LogP contribution in [0, 0.1) is 0 Å². The normalized spacial score (nSPS) is 10.0. The molecule has 2 aromatic rings. The Morgan fingerprint density at radius 1 is 1.12 bits per heavy atom. The summed E-state index contributed by atoms with van der Waals surface area (Å²) >= 11 is 11.3. The summed E-state index contributed by atoms with van der Waals surface area (Å²) in [6.07, 6.45) is 0.835. The van der Waals surface area contributed by atoms with Gasteiger partial charge in [-0.3, -0.25) is 4.79 Å². The number of amides is 1. The molecule has 0 bridgehead atoms. The summed E-state index contributed by atoms with van der Waals surface area (Å²) in [5.41, 5.74) is 1.62. The standard InChI is InChI=1S/C18H19ClN2O3S/c1-23-15-9-8-13(11-16(15)24-2)20-18(25)21-17(22)10-7-12-5-3-4-6-14(12)19/h3-6,8-9,11H,7,10H2,1-2H3,(H2,20,21,22,25). The lowest BCUT2D eigenvalue weighted by Gasteiger charge is -2.12. The molecule has 25 heavy (non-hydrogen) atoms. The lowest BCUT2D eigenvalue weighted by atomic mass is 10.1. The monoisotopic (exact) mass is 378 g/mol. The van der Waals surface area contributed by atoms with Crippen LogP contribution >= 0.6 is 23.8 Å². The smallest absolute Gasteiger partial charge is 0.226 e. The molecule has 0 aliphatic carbocycles. The fourth-order valence-electron chi connectivity index (χ4n) is 2.21. The van der Waals surface area contributed by atoms with E-state index in [1.165, 1.54) is 0 Å². The number of ether oxygens (including phenoxy) is 2. The topological polar surface area (TPSA) is 59.6 Å². The van der Waals surface area contributed by atoms with Crippen LogP contribution in [0.25, 0.3) is 0 Å². The van der Waals surface area contributed by atoms with E-state index in [0.29, 0.717) is 28.6 Å². The van der Waals surface area contributed by atoms with E-state index in [9.17, 15) is 4.79 Å². The second-order valence-electron chi connectivity index (χ2n) is 5.16. The number of carbonyl (C=O) groups is 1. The first kappa shape index (κ1) is 19.0. The maximum absolute atomic E-state index is 12.0. The number of carbonyl (C=O) groups excluding carboxylic acids is 1. The van der Waals surface area contributed by atoms with Crippen molar-refractivity contribution in [3.63, 3.8) is 0 Å².